The molecule has 2 heterocycles. The van der Waals surface area contributed by atoms with Gasteiger partial charge in [-0.15, -0.1) is 0 Å². The Bertz CT molecular complexity index is 648. The summed E-state index contributed by atoms with van der Waals surface area (Å²) in [5.41, 5.74) is 0.732. The molecule has 2 unspecified atom stereocenters. The van der Waals surface area contributed by atoms with Gasteiger partial charge in [0, 0.05) is 50.0 Å². The number of anilines is 1. The van der Waals surface area contributed by atoms with Gasteiger partial charge in [0.15, 0.2) is 0 Å². The number of hydrogen-bond donors (Lipinski definition) is 1. The molecule has 0 spiro atoms. The van der Waals surface area contributed by atoms with Crippen LogP contribution in [0.5, 0.6) is 0 Å². The zero-order chi connectivity index (χ0) is 19.4. The fraction of sp³-hybridized carbons (Fsp3) is 0.600. The molecule has 2 saturated heterocycles. The van der Waals surface area contributed by atoms with Crippen LogP contribution in [-0.4, -0.2) is 72.5 Å². The van der Waals surface area contributed by atoms with Crippen LogP contribution in [-0.2, 0) is 4.79 Å². The number of nitrogens with zero attached hydrogens (tertiary/aromatic N) is 3. The van der Waals surface area contributed by atoms with E-state index >= 15 is 0 Å². The molecule has 3 rings (SSSR count). The molecule has 0 aliphatic carbocycles. The van der Waals surface area contributed by atoms with Crippen LogP contribution < -0.4 is 5.32 Å². The summed E-state index contributed by atoms with van der Waals surface area (Å²) in [6, 6.07) is 6.97. The number of nitrogens with one attached hydrogen (secondary N) is 1. The molecule has 0 radical (unpaired) electrons. The summed E-state index contributed by atoms with van der Waals surface area (Å²) in [6.45, 7) is 9.31. The van der Waals surface area contributed by atoms with Gasteiger partial charge >= 0.3 is 6.03 Å². The molecule has 148 valence electrons. The number of piperidine rings is 1. The van der Waals surface area contributed by atoms with Crippen molar-refractivity contribution in [2.24, 2.45) is 11.8 Å². The van der Waals surface area contributed by atoms with Crippen LogP contribution >= 0.6 is 11.6 Å². The molecule has 2 aliphatic heterocycles. The molecule has 1 N–H and O–H groups in total. The minimum absolute atomic E-state index is 0.109. The minimum Gasteiger partial charge on any atom is -0.341 e. The number of rotatable bonds is 3. The first-order valence-corrected chi connectivity index (χ1v) is 10.1. The molecular weight excluding hydrogens is 364 g/mol. The Kier molecular flexibility index (Phi) is 6.60. The molecule has 0 bridgehead atoms. The predicted molar refractivity (Wildman–Crippen MR) is 108 cm³/mol. The standard InChI is InChI=1S/C20H29ClN4O2/c1-15-11-16(2)13-25(12-15)19(26)14-23-7-9-24(10-8-23)20(27)22-18-5-3-17(21)4-6-18/h3-6,15-16H,7-14H2,1-2H3,(H,22,27). The number of urea groups is 1. The number of likely N-dealkylation sites (tertiary alicyclic amines) is 1. The lowest BCUT2D eigenvalue weighted by atomic mass is 9.92. The third-order valence-corrected chi connectivity index (χ3v) is 5.59. The predicted octanol–water partition coefficient (Wildman–Crippen LogP) is 2.99. The highest BCUT2D eigenvalue weighted by atomic mass is 35.5. The Morgan fingerprint density at radius 2 is 1.59 bits per heavy atom. The van der Waals surface area contributed by atoms with E-state index in [2.05, 4.69) is 24.1 Å². The second kappa shape index (κ2) is 8.93. The SMILES string of the molecule is CC1CC(C)CN(C(=O)CN2CCN(C(=O)Nc3ccc(Cl)cc3)CC2)C1. The molecule has 0 aromatic heterocycles. The third-order valence-electron chi connectivity index (χ3n) is 5.34. The highest BCUT2D eigenvalue weighted by Crippen LogP contribution is 2.21. The van der Waals surface area contributed by atoms with Gasteiger partial charge in [-0.05, 0) is 42.5 Å². The summed E-state index contributed by atoms with van der Waals surface area (Å²) in [7, 11) is 0. The molecule has 2 atom stereocenters. The summed E-state index contributed by atoms with van der Waals surface area (Å²) >= 11 is 5.87. The van der Waals surface area contributed by atoms with Gasteiger partial charge in [-0.3, -0.25) is 9.69 Å². The van der Waals surface area contributed by atoms with Crippen molar-refractivity contribution in [2.45, 2.75) is 20.3 Å². The van der Waals surface area contributed by atoms with Crippen LogP contribution in [0.1, 0.15) is 20.3 Å². The maximum atomic E-state index is 12.6. The first-order valence-electron chi connectivity index (χ1n) is 9.72. The number of carbonyl (C=O) groups is 2. The first-order chi connectivity index (χ1) is 12.9. The Labute approximate surface area is 166 Å². The van der Waals surface area contributed by atoms with Gasteiger partial charge in [0.25, 0.3) is 0 Å². The fourth-order valence-corrected chi connectivity index (χ4v) is 4.13. The number of halogens is 1. The van der Waals surface area contributed by atoms with Gasteiger partial charge in [0.2, 0.25) is 5.91 Å². The van der Waals surface area contributed by atoms with E-state index < -0.39 is 0 Å². The van der Waals surface area contributed by atoms with E-state index in [1.807, 2.05) is 4.90 Å². The van der Waals surface area contributed by atoms with Crippen LogP contribution in [0.2, 0.25) is 5.02 Å². The molecule has 1 aromatic carbocycles. The quantitative estimate of drug-likeness (QED) is 0.860. The maximum Gasteiger partial charge on any atom is 0.321 e. The van der Waals surface area contributed by atoms with Crippen molar-refractivity contribution in [2.75, 3.05) is 51.1 Å². The number of piperazine rings is 1. The van der Waals surface area contributed by atoms with Crippen LogP contribution in [0.4, 0.5) is 10.5 Å². The van der Waals surface area contributed by atoms with Crippen molar-refractivity contribution >= 4 is 29.2 Å². The van der Waals surface area contributed by atoms with Crippen molar-refractivity contribution < 1.29 is 9.59 Å². The summed E-state index contributed by atoms with van der Waals surface area (Å²) in [5.74, 6) is 1.37. The summed E-state index contributed by atoms with van der Waals surface area (Å²) in [6.07, 6.45) is 1.20. The number of amides is 3. The molecule has 1 aromatic rings. The van der Waals surface area contributed by atoms with Crippen molar-refractivity contribution in [3.05, 3.63) is 29.3 Å². The Hall–Kier alpha value is -1.79. The normalized spacial score (nSPS) is 24.0. The van der Waals surface area contributed by atoms with Gasteiger partial charge in [0.1, 0.15) is 0 Å². The second-order valence-electron chi connectivity index (χ2n) is 7.95. The first kappa shape index (κ1) is 20.0. The van der Waals surface area contributed by atoms with Gasteiger partial charge in [-0.1, -0.05) is 25.4 Å². The lowest BCUT2D eigenvalue weighted by Crippen LogP contribution is -2.53. The van der Waals surface area contributed by atoms with Crippen LogP contribution in [0.3, 0.4) is 0 Å². The lowest BCUT2D eigenvalue weighted by Gasteiger charge is -2.38. The average molecular weight is 393 g/mol. The average Bonchev–Trinajstić information content (AvgIpc) is 2.63. The van der Waals surface area contributed by atoms with Crippen molar-refractivity contribution in [1.82, 2.24) is 14.7 Å². The molecule has 6 nitrogen and oxygen atoms in total. The zero-order valence-corrected chi connectivity index (χ0v) is 16.9. The van der Waals surface area contributed by atoms with Crippen LogP contribution in [0.25, 0.3) is 0 Å². The highest BCUT2D eigenvalue weighted by Gasteiger charge is 2.28. The van der Waals surface area contributed by atoms with E-state index in [1.165, 1.54) is 6.42 Å². The largest absolute Gasteiger partial charge is 0.341 e. The molecule has 2 fully saturated rings. The van der Waals surface area contributed by atoms with Crippen molar-refractivity contribution in [3.63, 3.8) is 0 Å². The van der Waals surface area contributed by atoms with E-state index in [0.29, 0.717) is 36.5 Å². The van der Waals surface area contributed by atoms with E-state index in [0.717, 1.165) is 31.9 Å². The topological polar surface area (TPSA) is 55.9 Å². The van der Waals surface area contributed by atoms with Crippen LogP contribution in [0.15, 0.2) is 24.3 Å². The summed E-state index contributed by atoms with van der Waals surface area (Å²) < 4.78 is 0. The Morgan fingerprint density at radius 1 is 1.00 bits per heavy atom. The molecule has 7 heteroatoms. The number of hydrogen-bond acceptors (Lipinski definition) is 3. The van der Waals surface area contributed by atoms with Crippen molar-refractivity contribution in [3.8, 4) is 0 Å². The minimum atomic E-state index is -0.109. The van der Waals surface area contributed by atoms with Crippen molar-refractivity contribution in [1.29, 1.82) is 0 Å². The van der Waals surface area contributed by atoms with Gasteiger partial charge in [-0.2, -0.15) is 0 Å². The molecule has 27 heavy (non-hydrogen) atoms. The highest BCUT2D eigenvalue weighted by molar-refractivity contribution is 6.30. The third kappa shape index (κ3) is 5.59. The van der Waals surface area contributed by atoms with Gasteiger partial charge in [0.05, 0.1) is 6.54 Å². The van der Waals surface area contributed by atoms with E-state index in [9.17, 15) is 9.59 Å². The molecule has 3 amide bonds. The molecule has 0 saturated carbocycles. The Morgan fingerprint density at radius 3 is 2.19 bits per heavy atom. The van der Waals surface area contributed by atoms with E-state index in [1.54, 1.807) is 29.2 Å². The summed E-state index contributed by atoms with van der Waals surface area (Å²) in [4.78, 5) is 31.0. The zero-order valence-electron chi connectivity index (χ0n) is 16.2. The fourth-order valence-electron chi connectivity index (χ4n) is 4.00. The Balaban J connectivity index is 1.43. The molecular formula is C20H29ClN4O2. The number of benzene rings is 1. The maximum absolute atomic E-state index is 12.6. The molecule has 2 aliphatic rings. The van der Waals surface area contributed by atoms with Gasteiger partial charge in [-0.25, -0.2) is 4.79 Å². The lowest BCUT2D eigenvalue weighted by molar-refractivity contribution is -0.135. The van der Waals surface area contributed by atoms with Gasteiger partial charge < -0.3 is 15.1 Å². The van der Waals surface area contributed by atoms with Crippen LogP contribution in [0, 0.1) is 11.8 Å². The van der Waals surface area contributed by atoms with E-state index in [4.69, 9.17) is 11.6 Å². The number of carbonyl (C=O) groups excluding carboxylic acids is 2. The second-order valence-corrected chi connectivity index (χ2v) is 8.38. The van der Waals surface area contributed by atoms with E-state index in [-0.39, 0.29) is 11.9 Å². The monoisotopic (exact) mass is 392 g/mol. The summed E-state index contributed by atoms with van der Waals surface area (Å²) in [5, 5.41) is 3.53. The smallest absolute Gasteiger partial charge is 0.321 e.